The van der Waals surface area contributed by atoms with Gasteiger partial charge < -0.3 is 19.7 Å². The lowest BCUT2D eigenvalue weighted by atomic mass is 10.4. The van der Waals surface area contributed by atoms with E-state index in [2.05, 4.69) is 0 Å². The van der Waals surface area contributed by atoms with Crippen LogP contribution < -0.4 is 16.1 Å². The lowest BCUT2D eigenvalue weighted by Gasteiger charge is -2.10. The highest BCUT2D eigenvalue weighted by Gasteiger charge is 2.09. The van der Waals surface area contributed by atoms with Crippen LogP contribution in [-0.2, 0) is 4.57 Å². The molecule has 10 heteroatoms. The molecule has 0 fully saturated rings. The monoisotopic (exact) mass is 292 g/mol. The summed E-state index contributed by atoms with van der Waals surface area (Å²) < 4.78 is 11.2. The number of aromatic nitrogens is 2. The molecule has 1 atom stereocenters. The largest absolute Gasteiger partial charge is 0.406 e. The normalized spacial score (nSPS) is 13.7. The van der Waals surface area contributed by atoms with Crippen LogP contribution in [0.25, 0.3) is 0 Å². The van der Waals surface area contributed by atoms with Gasteiger partial charge in [-0.15, -0.1) is 4.73 Å². The fourth-order valence-electron chi connectivity index (χ4n) is 1.06. The minimum absolute atomic E-state index is 0.236. The van der Waals surface area contributed by atoms with E-state index >= 15 is 0 Å². The maximum Gasteiger partial charge on any atom is 0.361 e. The summed E-state index contributed by atoms with van der Waals surface area (Å²) in [5.41, 5.74) is -1.13. The molecule has 0 radical (unpaired) electrons. The van der Waals surface area contributed by atoms with Crippen molar-refractivity contribution in [2.45, 2.75) is 13.0 Å². The first-order valence-electron chi connectivity index (χ1n) is 5.07. The zero-order chi connectivity index (χ0) is 14.6. The van der Waals surface area contributed by atoms with Gasteiger partial charge in [-0.2, -0.15) is 0 Å². The number of aromatic amines is 1. The van der Waals surface area contributed by atoms with Crippen LogP contribution in [0.2, 0.25) is 0 Å². The highest BCUT2D eigenvalue weighted by Crippen LogP contribution is 2.35. The van der Waals surface area contributed by atoms with E-state index in [1.165, 1.54) is 6.92 Å². The number of aryl methyl sites for hydroxylation is 1. The molecule has 1 aromatic heterocycles. The molecule has 0 bridgehead atoms. The average molecular weight is 292 g/mol. The van der Waals surface area contributed by atoms with Crippen LogP contribution in [0.5, 0.6) is 0 Å². The topological polar surface area (TPSA) is 142 Å². The summed E-state index contributed by atoms with van der Waals surface area (Å²) in [6.45, 7) is 1.05. The van der Waals surface area contributed by atoms with Crippen LogP contribution >= 0.6 is 7.60 Å². The van der Waals surface area contributed by atoms with Gasteiger partial charge in [-0.25, -0.2) is 4.79 Å². The first-order chi connectivity index (χ1) is 8.69. The summed E-state index contributed by atoms with van der Waals surface area (Å²) in [6.07, 6.45) is 0.678. The molecule has 0 spiro atoms. The molecule has 9 nitrogen and oxygen atoms in total. The SMILES string of the molecule is Cc1cn(OCC(O)C=CP(=O)(O)O)c(=O)[nH]c1=O. The van der Waals surface area contributed by atoms with Crippen LogP contribution in [0.4, 0.5) is 0 Å². The molecule has 106 valence electrons. The number of aliphatic hydroxyl groups is 1. The molecule has 4 N–H and O–H groups in total. The number of aliphatic hydroxyl groups excluding tert-OH is 1. The zero-order valence-corrected chi connectivity index (χ0v) is 10.8. The number of hydrogen-bond acceptors (Lipinski definition) is 5. The van der Waals surface area contributed by atoms with Gasteiger partial charge in [0.15, 0.2) is 0 Å². The predicted octanol–water partition coefficient (Wildman–Crippen LogP) is -1.67. The average Bonchev–Trinajstić information content (AvgIpc) is 2.28. The molecule has 0 aromatic carbocycles. The maximum absolute atomic E-state index is 11.3. The van der Waals surface area contributed by atoms with Crippen LogP contribution in [0, 0.1) is 6.92 Å². The number of hydrogen-bond donors (Lipinski definition) is 4. The molecule has 1 aromatic rings. The lowest BCUT2D eigenvalue weighted by Crippen LogP contribution is -2.36. The van der Waals surface area contributed by atoms with Gasteiger partial charge in [0.1, 0.15) is 12.7 Å². The number of nitrogens with zero attached hydrogens (tertiary/aromatic N) is 1. The molecule has 0 saturated heterocycles. The third-order valence-electron chi connectivity index (χ3n) is 1.98. The number of rotatable bonds is 5. The predicted molar refractivity (Wildman–Crippen MR) is 64.7 cm³/mol. The molecule has 0 amide bonds. The molecule has 0 aliphatic rings. The van der Waals surface area contributed by atoms with E-state index in [0.717, 1.165) is 12.3 Å². The lowest BCUT2D eigenvalue weighted by molar-refractivity contribution is 0.0393. The summed E-state index contributed by atoms with van der Waals surface area (Å²) in [5.74, 6) is 0.530. The van der Waals surface area contributed by atoms with Gasteiger partial charge in [0.25, 0.3) is 5.56 Å². The summed E-state index contributed by atoms with van der Waals surface area (Å²) in [5, 5.41) is 9.35. The second-order valence-corrected chi connectivity index (χ2v) is 5.17. The Bertz CT molecular complexity index is 626. The quantitative estimate of drug-likeness (QED) is 0.475. The Morgan fingerprint density at radius 2 is 2.16 bits per heavy atom. The Balaban J connectivity index is 2.70. The van der Waals surface area contributed by atoms with Crippen LogP contribution in [0.3, 0.4) is 0 Å². The van der Waals surface area contributed by atoms with Crippen molar-refractivity contribution >= 4 is 7.60 Å². The fourth-order valence-corrected chi connectivity index (χ4v) is 1.49. The van der Waals surface area contributed by atoms with E-state index < -0.39 is 31.6 Å². The third-order valence-corrected chi connectivity index (χ3v) is 2.54. The molecular weight excluding hydrogens is 279 g/mol. The Morgan fingerprint density at radius 3 is 2.74 bits per heavy atom. The number of H-pyrrole nitrogens is 1. The summed E-state index contributed by atoms with van der Waals surface area (Å²) in [7, 11) is -4.35. The van der Waals surface area contributed by atoms with Crippen LogP contribution in [0.15, 0.2) is 27.7 Å². The molecule has 0 aliphatic carbocycles. The van der Waals surface area contributed by atoms with E-state index in [-0.39, 0.29) is 5.56 Å². The Hall–Kier alpha value is -1.67. The van der Waals surface area contributed by atoms with Crippen molar-refractivity contribution in [2.24, 2.45) is 0 Å². The van der Waals surface area contributed by atoms with Gasteiger partial charge in [0.05, 0.1) is 6.20 Å². The van der Waals surface area contributed by atoms with Gasteiger partial charge in [-0.1, -0.05) is 0 Å². The van der Waals surface area contributed by atoms with Crippen molar-refractivity contribution in [3.05, 3.63) is 44.5 Å². The molecule has 1 unspecified atom stereocenters. The molecule has 1 heterocycles. The van der Waals surface area contributed by atoms with Gasteiger partial charge in [0, 0.05) is 11.4 Å². The van der Waals surface area contributed by atoms with Crippen LogP contribution in [0.1, 0.15) is 5.56 Å². The van der Waals surface area contributed by atoms with E-state index in [9.17, 15) is 19.3 Å². The van der Waals surface area contributed by atoms with Crippen molar-refractivity contribution in [1.29, 1.82) is 0 Å². The highest BCUT2D eigenvalue weighted by atomic mass is 31.2. The van der Waals surface area contributed by atoms with Crippen molar-refractivity contribution in [2.75, 3.05) is 6.61 Å². The first kappa shape index (κ1) is 15.4. The van der Waals surface area contributed by atoms with Crippen LogP contribution in [-0.4, -0.2) is 37.3 Å². The minimum atomic E-state index is -4.35. The summed E-state index contributed by atoms with van der Waals surface area (Å²) in [6, 6.07) is 0. The molecule has 0 aliphatic heterocycles. The van der Waals surface area contributed by atoms with Gasteiger partial charge >= 0.3 is 13.3 Å². The fraction of sp³-hybridized carbons (Fsp3) is 0.333. The van der Waals surface area contributed by atoms with E-state index in [1.54, 1.807) is 0 Å². The Labute approximate surface area is 106 Å². The van der Waals surface area contributed by atoms with Gasteiger partial charge in [-0.3, -0.25) is 14.3 Å². The van der Waals surface area contributed by atoms with E-state index in [1.807, 2.05) is 4.98 Å². The van der Waals surface area contributed by atoms with Crippen molar-refractivity contribution in [3.63, 3.8) is 0 Å². The van der Waals surface area contributed by atoms with E-state index in [0.29, 0.717) is 10.5 Å². The van der Waals surface area contributed by atoms with Crippen molar-refractivity contribution in [3.8, 4) is 0 Å². The molecular formula is C9H13N2O7P. The third kappa shape index (κ3) is 5.23. The summed E-state index contributed by atoms with van der Waals surface area (Å²) >= 11 is 0. The zero-order valence-electron chi connectivity index (χ0n) is 9.89. The second-order valence-electron chi connectivity index (χ2n) is 3.69. The highest BCUT2D eigenvalue weighted by molar-refractivity contribution is 7.55. The maximum atomic E-state index is 11.3. The van der Waals surface area contributed by atoms with Gasteiger partial charge in [0.2, 0.25) is 0 Å². The Kier molecular flexibility index (Phi) is 4.84. The Morgan fingerprint density at radius 1 is 1.53 bits per heavy atom. The summed E-state index contributed by atoms with van der Waals surface area (Å²) in [4.78, 5) is 46.3. The molecule has 0 saturated carbocycles. The van der Waals surface area contributed by atoms with Crippen molar-refractivity contribution in [1.82, 2.24) is 9.71 Å². The van der Waals surface area contributed by atoms with Gasteiger partial charge in [-0.05, 0) is 13.0 Å². The number of nitrogens with one attached hydrogen (secondary N) is 1. The standard InChI is InChI=1S/C9H13N2O7P/c1-6-4-11(9(14)10-8(6)13)18-5-7(12)2-3-19(15,16)17/h2-4,7,12H,5H2,1H3,(H,10,13,14)(H2,15,16,17). The van der Waals surface area contributed by atoms with E-state index in [4.69, 9.17) is 14.6 Å². The second kappa shape index (κ2) is 5.98. The molecule has 1 rings (SSSR count). The smallest absolute Gasteiger partial charge is 0.361 e. The van der Waals surface area contributed by atoms with Crippen molar-refractivity contribution < 1.29 is 24.3 Å². The molecule has 19 heavy (non-hydrogen) atoms. The minimum Gasteiger partial charge on any atom is -0.406 e. The first-order valence-corrected chi connectivity index (χ1v) is 6.76.